The number of rotatable bonds is 7. The van der Waals surface area contributed by atoms with Gasteiger partial charge in [-0.2, -0.15) is 17.0 Å². The van der Waals surface area contributed by atoms with E-state index in [4.69, 9.17) is 0 Å². The molecule has 0 atom stereocenters. The molecule has 3 aromatic carbocycles. The second-order valence-corrected chi connectivity index (χ2v) is 10.5. The van der Waals surface area contributed by atoms with Gasteiger partial charge in [-0.15, -0.1) is 0 Å². The van der Waals surface area contributed by atoms with Crippen molar-refractivity contribution in [2.45, 2.75) is 25.0 Å². The molecule has 3 aromatic rings. The van der Waals surface area contributed by atoms with Gasteiger partial charge in [0.05, 0.1) is 0 Å². The predicted molar refractivity (Wildman–Crippen MR) is 127 cm³/mol. The monoisotopic (exact) mass is 450 g/mol. The Kier molecular flexibility index (Phi) is 6.76. The van der Waals surface area contributed by atoms with Gasteiger partial charge in [0.25, 0.3) is 10.2 Å². The Hall–Kier alpha value is -2.51. The van der Waals surface area contributed by atoms with Crippen molar-refractivity contribution in [3.63, 3.8) is 0 Å². The molecule has 1 heterocycles. The summed E-state index contributed by atoms with van der Waals surface area (Å²) in [5.74, 6) is -0.0850. The van der Waals surface area contributed by atoms with Gasteiger partial charge in [-0.05, 0) is 35.4 Å². The summed E-state index contributed by atoms with van der Waals surface area (Å²) >= 11 is 0. The molecule has 1 saturated heterocycles. The van der Waals surface area contributed by atoms with Crippen LogP contribution in [-0.4, -0.2) is 42.3 Å². The number of nitrogens with zero attached hydrogens (tertiary/aromatic N) is 2. The largest absolute Gasteiger partial charge is 0.380 e. The third kappa shape index (κ3) is 4.50. The van der Waals surface area contributed by atoms with Crippen molar-refractivity contribution in [3.8, 4) is 0 Å². The lowest BCUT2D eigenvalue weighted by Gasteiger charge is -2.42. The van der Waals surface area contributed by atoms with E-state index in [0.29, 0.717) is 32.5 Å². The lowest BCUT2D eigenvalue weighted by atomic mass is 9.72. The summed E-state index contributed by atoms with van der Waals surface area (Å²) in [6.45, 7) is 1.10. The van der Waals surface area contributed by atoms with E-state index in [2.05, 4.69) is 0 Å². The van der Waals surface area contributed by atoms with Crippen LogP contribution in [0.25, 0.3) is 0 Å². The summed E-state index contributed by atoms with van der Waals surface area (Å²) in [5.41, 5.74) is 1.48. The molecule has 1 aliphatic rings. The van der Waals surface area contributed by atoms with Crippen molar-refractivity contribution in [2.24, 2.45) is 5.92 Å². The van der Waals surface area contributed by atoms with Crippen LogP contribution in [-0.2, 0) is 22.4 Å². The fraction of sp³-hybridized carbons (Fsp3) is 0.308. The Balaban J connectivity index is 1.52. The van der Waals surface area contributed by atoms with E-state index in [9.17, 15) is 13.5 Å². The molecule has 0 radical (unpaired) electrons. The molecule has 168 valence electrons. The van der Waals surface area contributed by atoms with Crippen molar-refractivity contribution in [1.29, 1.82) is 0 Å². The molecule has 0 saturated carbocycles. The highest BCUT2D eigenvalue weighted by atomic mass is 32.2. The van der Waals surface area contributed by atoms with E-state index in [1.807, 2.05) is 91.0 Å². The van der Waals surface area contributed by atoms with Crippen molar-refractivity contribution < 1.29 is 13.5 Å². The molecular formula is C26H30N2O3S. The minimum atomic E-state index is -3.57. The van der Waals surface area contributed by atoms with Crippen LogP contribution in [0.3, 0.4) is 0 Å². The maximum absolute atomic E-state index is 13.2. The van der Waals surface area contributed by atoms with Gasteiger partial charge < -0.3 is 5.11 Å². The highest BCUT2D eigenvalue weighted by Crippen LogP contribution is 2.42. The average molecular weight is 451 g/mol. The van der Waals surface area contributed by atoms with Crippen molar-refractivity contribution >= 4 is 10.2 Å². The summed E-state index contributed by atoms with van der Waals surface area (Å²) in [6.07, 6.45) is 1.16. The molecule has 0 amide bonds. The summed E-state index contributed by atoms with van der Waals surface area (Å²) in [5, 5.41) is 12.0. The highest BCUT2D eigenvalue weighted by molar-refractivity contribution is 7.86. The Morgan fingerprint density at radius 2 is 1.28 bits per heavy atom. The van der Waals surface area contributed by atoms with E-state index in [1.165, 1.54) is 4.31 Å². The molecule has 0 unspecified atom stereocenters. The van der Waals surface area contributed by atoms with Crippen molar-refractivity contribution in [1.82, 2.24) is 8.61 Å². The zero-order valence-corrected chi connectivity index (χ0v) is 19.2. The van der Waals surface area contributed by atoms with Gasteiger partial charge in [0.15, 0.2) is 0 Å². The fourth-order valence-corrected chi connectivity index (χ4v) is 6.02. The Labute approximate surface area is 191 Å². The molecule has 4 rings (SSSR count). The first-order valence-electron chi connectivity index (χ1n) is 11.0. The van der Waals surface area contributed by atoms with Crippen LogP contribution in [0.15, 0.2) is 91.0 Å². The predicted octanol–water partition coefficient (Wildman–Crippen LogP) is 4.01. The van der Waals surface area contributed by atoms with Gasteiger partial charge in [-0.3, -0.25) is 0 Å². The Morgan fingerprint density at radius 3 is 1.75 bits per heavy atom. The van der Waals surface area contributed by atoms with Gasteiger partial charge in [0.2, 0.25) is 0 Å². The van der Waals surface area contributed by atoms with E-state index in [1.54, 1.807) is 11.4 Å². The third-order valence-electron chi connectivity index (χ3n) is 6.44. The summed E-state index contributed by atoms with van der Waals surface area (Å²) in [7, 11) is -1.95. The molecule has 5 nitrogen and oxygen atoms in total. The minimum absolute atomic E-state index is 0.0850. The molecule has 1 aliphatic heterocycles. The van der Waals surface area contributed by atoms with Gasteiger partial charge in [0.1, 0.15) is 5.60 Å². The molecule has 0 spiro atoms. The number of hydrogen-bond donors (Lipinski definition) is 1. The van der Waals surface area contributed by atoms with E-state index in [-0.39, 0.29) is 5.92 Å². The molecular weight excluding hydrogens is 420 g/mol. The molecule has 1 fully saturated rings. The van der Waals surface area contributed by atoms with Crippen LogP contribution in [0.1, 0.15) is 29.5 Å². The minimum Gasteiger partial charge on any atom is -0.380 e. The smallest absolute Gasteiger partial charge is 0.282 e. The van der Waals surface area contributed by atoms with E-state index < -0.39 is 15.8 Å². The van der Waals surface area contributed by atoms with E-state index >= 15 is 0 Å². The molecule has 0 bridgehead atoms. The molecule has 6 heteroatoms. The lowest BCUT2D eigenvalue weighted by molar-refractivity contribution is -0.00576. The summed E-state index contributed by atoms with van der Waals surface area (Å²) in [4.78, 5) is 0. The normalized spacial score (nSPS) is 16.3. The van der Waals surface area contributed by atoms with Crippen LogP contribution in [0.5, 0.6) is 0 Å². The van der Waals surface area contributed by atoms with Crippen LogP contribution in [0.4, 0.5) is 0 Å². The Morgan fingerprint density at radius 1 is 0.844 bits per heavy atom. The number of aliphatic hydroxyl groups is 1. The lowest BCUT2D eigenvalue weighted by Crippen LogP contribution is -2.49. The summed E-state index contributed by atoms with van der Waals surface area (Å²) < 4.78 is 29.3. The average Bonchev–Trinajstić information content (AvgIpc) is 2.85. The molecule has 0 aliphatic carbocycles. The first-order chi connectivity index (χ1) is 15.4. The standard InChI is InChI=1S/C26H30N2O3S/c1-27(21-22-11-5-2-6-12-22)32(30,31)28-19-17-25(18-20-28)26(29,23-13-7-3-8-14-23)24-15-9-4-10-16-24/h2-16,25,29H,17-21H2,1H3. The number of hydrogen-bond acceptors (Lipinski definition) is 3. The molecule has 32 heavy (non-hydrogen) atoms. The fourth-order valence-electron chi connectivity index (χ4n) is 4.65. The number of benzene rings is 3. The van der Waals surface area contributed by atoms with Crippen LogP contribution in [0, 0.1) is 5.92 Å². The quantitative estimate of drug-likeness (QED) is 0.592. The first kappa shape index (κ1) is 22.7. The Bertz CT molecular complexity index is 1060. The highest BCUT2D eigenvalue weighted by Gasteiger charge is 2.43. The maximum Gasteiger partial charge on any atom is 0.282 e. The van der Waals surface area contributed by atoms with E-state index in [0.717, 1.165) is 16.7 Å². The zero-order chi connectivity index (χ0) is 22.6. The van der Waals surface area contributed by atoms with Gasteiger partial charge in [-0.1, -0.05) is 91.0 Å². The van der Waals surface area contributed by atoms with Crippen LogP contribution >= 0.6 is 0 Å². The van der Waals surface area contributed by atoms with Crippen molar-refractivity contribution in [3.05, 3.63) is 108 Å². The number of piperidine rings is 1. The van der Waals surface area contributed by atoms with Gasteiger partial charge in [-0.25, -0.2) is 0 Å². The van der Waals surface area contributed by atoms with Gasteiger partial charge in [0, 0.05) is 26.7 Å². The maximum atomic E-state index is 13.2. The second kappa shape index (κ2) is 9.55. The summed E-state index contributed by atoms with van der Waals surface area (Å²) in [6, 6.07) is 29.0. The topological polar surface area (TPSA) is 60.9 Å². The van der Waals surface area contributed by atoms with Crippen LogP contribution < -0.4 is 0 Å². The van der Waals surface area contributed by atoms with Gasteiger partial charge >= 0.3 is 0 Å². The third-order valence-corrected chi connectivity index (χ3v) is 8.38. The van der Waals surface area contributed by atoms with Crippen LogP contribution in [0.2, 0.25) is 0 Å². The molecule has 1 N–H and O–H groups in total. The first-order valence-corrected chi connectivity index (χ1v) is 12.4. The van der Waals surface area contributed by atoms with Crippen molar-refractivity contribution in [2.75, 3.05) is 20.1 Å². The second-order valence-electron chi connectivity index (χ2n) is 8.42. The molecule has 0 aromatic heterocycles. The SMILES string of the molecule is CN(Cc1ccccc1)S(=O)(=O)N1CCC(C(O)(c2ccccc2)c2ccccc2)CC1. The zero-order valence-electron chi connectivity index (χ0n) is 18.3.